The van der Waals surface area contributed by atoms with E-state index in [0.717, 1.165) is 36.1 Å². The van der Waals surface area contributed by atoms with Gasteiger partial charge in [0.25, 0.3) is 0 Å². The molecule has 0 aliphatic carbocycles. The fourth-order valence-electron chi connectivity index (χ4n) is 2.52. The summed E-state index contributed by atoms with van der Waals surface area (Å²) in [6.07, 6.45) is 4.27. The summed E-state index contributed by atoms with van der Waals surface area (Å²) in [7, 11) is 0. The second kappa shape index (κ2) is 6.39. The van der Waals surface area contributed by atoms with Crippen molar-refractivity contribution < 1.29 is 0 Å². The van der Waals surface area contributed by atoms with Gasteiger partial charge in [-0.25, -0.2) is 4.98 Å². The number of nitrogens with zero attached hydrogens (tertiary/aromatic N) is 3. The van der Waals surface area contributed by atoms with Gasteiger partial charge in [-0.15, -0.1) is 6.58 Å². The molecule has 21 heavy (non-hydrogen) atoms. The van der Waals surface area contributed by atoms with Crippen LogP contribution in [0.2, 0.25) is 0 Å². The Bertz CT molecular complexity index is 603. The third-order valence-corrected chi connectivity index (χ3v) is 3.60. The van der Waals surface area contributed by atoms with Crippen molar-refractivity contribution in [1.82, 2.24) is 9.97 Å². The average molecular weight is 280 g/mol. The summed E-state index contributed by atoms with van der Waals surface area (Å²) in [5, 5.41) is 3.27. The van der Waals surface area contributed by atoms with Crippen LogP contribution in [0.5, 0.6) is 0 Å². The van der Waals surface area contributed by atoms with Crippen LogP contribution in [0.15, 0.2) is 49.1 Å². The predicted molar refractivity (Wildman–Crippen MR) is 87.6 cm³/mol. The summed E-state index contributed by atoms with van der Waals surface area (Å²) in [4.78, 5) is 11.6. The quantitative estimate of drug-likeness (QED) is 0.853. The summed E-state index contributed by atoms with van der Waals surface area (Å²) in [5.41, 5.74) is 2.07. The molecule has 1 saturated heterocycles. The van der Waals surface area contributed by atoms with Crippen molar-refractivity contribution in [2.75, 3.05) is 29.9 Å². The maximum absolute atomic E-state index is 4.74. The zero-order valence-corrected chi connectivity index (χ0v) is 12.1. The first-order valence-corrected chi connectivity index (χ1v) is 7.41. The van der Waals surface area contributed by atoms with E-state index in [1.165, 1.54) is 12.8 Å². The molecule has 0 spiro atoms. The molecule has 1 fully saturated rings. The fourth-order valence-corrected chi connectivity index (χ4v) is 2.52. The Hall–Kier alpha value is -2.36. The van der Waals surface area contributed by atoms with Crippen LogP contribution in [0.1, 0.15) is 12.8 Å². The first-order chi connectivity index (χ1) is 10.4. The van der Waals surface area contributed by atoms with Crippen LogP contribution in [-0.2, 0) is 0 Å². The first kappa shape index (κ1) is 13.6. The van der Waals surface area contributed by atoms with Gasteiger partial charge in [0.1, 0.15) is 5.82 Å². The highest BCUT2D eigenvalue weighted by Crippen LogP contribution is 2.24. The molecule has 0 bridgehead atoms. The molecule has 0 atom stereocenters. The van der Waals surface area contributed by atoms with Crippen LogP contribution >= 0.6 is 0 Å². The standard InChI is InChI=1S/C17H20N4/c1-2-10-18-16-13-15(14-8-4-3-5-9-14)19-17(20-16)21-11-6-7-12-21/h2-5,8-9,13H,1,6-7,10-12H2,(H,18,19,20). The number of benzene rings is 1. The number of anilines is 2. The predicted octanol–water partition coefficient (Wildman–Crippen LogP) is 3.34. The van der Waals surface area contributed by atoms with Crippen LogP contribution < -0.4 is 10.2 Å². The van der Waals surface area contributed by atoms with Crippen molar-refractivity contribution in [3.63, 3.8) is 0 Å². The molecule has 1 aliphatic heterocycles. The van der Waals surface area contributed by atoms with Crippen LogP contribution in [0.4, 0.5) is 11.8 Å². The molecular weight excluding hydrogens is 260 g/mol. The molecule has 1 aliphatic rings. The molecule has 1 N–H and O–H groups in total. The van der Waals surface area contributed by atoms with Crippen LogP contribution in [0.25, 0.3) is 11.3 Å². The highest BCUT2D eigenvalue weighted by Gasteiger charge is 2.16. The summed E-state index contributed by atoms with van der Waals surface area (Å²) < 4.78 is 0. The van der Waals surface area contributed by atoms with Gasteiger partial charge in [-0.2, -0.15) is 4.98 Å². The van der Waals surface area contributed by atoms with Gasteiger partial charge in [0.15, 0.2) is 0 Å². The second-order valence-electron chi connectivity index (χ2n) is 5.17. The normalized spacial score (nSPS) is 14.2. The van der Waals surface area contributed by atoms with E-state index in [9.17, 15) is 0 Å². The molecule has 4 nitrogen and oxygen atoms in total. The Morgan fingerprint density at radius 3 is 2.62 bits per heavy atom. The van der Waals surface area contributed by atoms with Gasteiger partial charge in [-0.1, -0.05) is 36.4 Å². The van der Waals surface area contributed by atoms with Gasteiger partial charge in [0, 0.05) is 31.3 Å². The van der Waals surface area contributed by atoms with Crippen molar-refractivity contribution in [2.24, 2.45) is 0 Å². The summed E-state index contributed by atoms with van der Waals surface area (Å²) in [6, 6.07) is 12.2. The van der Waals surface area contributed by atoms with Gasteiger partial charge in [-0.3, -0.25) is 0 Å². The molecular formula is C17H20N4. The summed E-state index contributed by atoms with van der Waals surface area (Å²) in [5.74, 6) is 1.67. The number of nitrogens with one attached hydrogen (secondary N) is 1. The molecule has 4 heteroatoms. The Morgan fingerprint density at radius 1 is 1.14 bits per heavy atom. The van der Waals surface area contributed by atoms with E-state index >= 15 is 0 Å². The maximum atomic E-state index is 4.74. The Kier molecular flexibility index (Phi) is 4.15. The minimum atomic E-state index is 0.699. The number of rotatable bonds is 5. The van der Waals surface area contributed by atoms with Crippen LogP contribution in [0, 0.1) is 0 Å². The smallest absolute Gasteiger partial charge is 0.227 e. The van der Waals surface area contributed by atoms with Gasteiger partial charge in [0.05, 0.1) is 5.69 Å². The topological polar surface area (TPSA) is 41.1 Å². The monoisotopic (exact) mass is 280 g/mol. The Balaban J connectivity index is 1.97. The van der Waals surface area contributed by atoms with E-state index in [0.29, 0.717) is 6.54 Å². The van der Waals surface area contributed by atoms with E-state index in [4.69, 9.17) is 4.98 Å². The van der Waals surface area contributed by atoms with Gasteiger partial charge in [-0.05, 0) is 12.8 Å². The van der Waals surface area contributed by atoms with Crippen molar-refractivity contribution >= 4 is 11.8 Å². The van der Waals surface area contributed by atoms with Gasteiger partial charge < -0.3 is 10.2 Å². The van der Waals surface area contributed by atoms with Crippen LogP contribution in [0.3, 0.4) is 0 Å². The lowest BCUT2D eigenvalue weighted by atomic mass is 10.1. The number of hydrogen-bond acceptors (Lipinski definition) is 4. The molecule has 108 valence electrons. The Morgan fingerprint density at radius 2 is 1.90 bits per heavy atom. The molecule has 2 heterocycles. The molecule has 1 aromatic carbocycles. The average Bonchev–Trinajstić information content (AvgIpc) is 3.08. The van der Waals surface area contributed by atoms with E-state index in [2.05, 4.69) is 33.9 Å². The van der Waals surface area contributed by atoms with Crippen molar-refractivity contribution in [3.8, 4) is 11.3 Å². The fraction of sp³-hybridized carbons (Fsp3) is 0.294. The lowest BCUT2D eigenvalue weighted by Gasteiger charge is -2.17. The molecule has 0 saturated carbocycles. The lowest BCUT2D eigenvalue weighted by Crippen LogP contribution is -2.21. The summed E-state index contributed by atoms with van der Waals surface area (Å²) >= 11 is 0. The molecule has 3 rings (SSSR count). The van der Waals surface area contributed by atoms with Crippen molar-refractivity contribution in [2.45, 2.75) is 12.8 Å². The number of aromatic nitrogens is 2. The largest absolute Gasteiger partial charge is 0.366 e. The first-order valence-electron chi connectivity index (χ1n) is 7.41. The van der Waals surface area contributed by atoms with E-state index < -0.39 is 0 Å². The highest BCUT2D eigenvalue weighted by molar-refractivity contribution is 5.64. The molecule has 2 aromatic rings. The zero-order chi connectivity index (χ0) is 14.5. The molecule has 1 aromatic heterocycles. The van der Waals surface area contributed by atoms with Crippen molar-refractivity contribution in [3.05, 3.63) is 49.1 Å². The SMILES string of the molecule is C=CCNc1cc(-c2ccccc2)nc(N2CCCC2)n1. The second-order valence-corrected chi connectivity index (χ2v) is 5.17. The number of hydrogen-bond donors (Lipinski definition) is 1. The third kappa shape index (κ3) is 3.21. The minimum Gasteiger partial charge on any atom is -0.366 e. The van der Waals surface area contributed by atoms with Crippen molar-refractivity contribution in [1.29, 1.82) is 0 Å². The van der Waals surface area contributed by atoms with Gasteiger partial charge in [0.2, 0.25) is 5.95 Å². The maximum Gasteiger partial charge on any atom is 0.227 e. The summed E-state index contributed by atoms with van der Waals surface area (Å²) in [6.45, 7) is 6.52. The lowest BCUT2D eigenvalue weighted by molar-refractivity contribution is 0.900. The zero-order valence-electron chi connectivity index (χ0n) is 12.1. The molecule has 0 unspecified atom stereocenters. The van der Waals surface area contributed by atoms with Crippen LogP contribution in [-0.4, -0.2) is 29.6 Å². The molecule has 0 amide bonds. The Labute approximate surface area is 125 Å². The molecule has 0 radical (unpaired) electrons. The minimum absolute atomic E-state index is 0.699. The van der Waals surface area contributed by atoms with Gasteiger partial charge >= 0.3 is 0 Å². The third-order valence-electron chi connectivity index (χ3n) is 3.60. The highest BCUT2D eigenvalue weighted by atomic mass is 15.3. The van der Waals surface area contributed by atoms with E-state index in [-0.39, 0.29) is 0 Å². The van der Waals surface area contributed by atoms with E-state index in [1.807, 2.05) is 30.3 Å². The van der Waals surface area contributed by atoms with E-state index in [1.54, 1.807) is 0 Å².